The van der Waals surface area contributed by atoms with Crippen LogP contribution in [0.1, 0.15) is 17.6 Å². The number of aromatic hydroxyl groups is 1. The summed E-state index contributed by atoms with van der Waals surface area (Å²) >= 11 is 0. The molecule has 0 aliphatic carbocycles. The van der Waals surface area contributed by atoms with Crippen LogP contribution in [0.15, 0.2) is 6.20 Å². The molecular formula is C8H9F2NO3. The Morgan fingerprint density at radius 1 is 1.57 bits per heavy atom. The highest BCUT2D eigenvalue weighted by molar-refractivity contribution is 5.43. The van der Waals surface area contributed by atoms with E-state index in [4.69, 9.17) is 10.2 Å². The second-order valence-corrected chi connectivity index (χ2v) is 2.50. The summed E-state index contributed by atoms with van der Waals surface area (Å²) < 4.78 is 29.5. The van der Waals surface area contributed by atoms with Crippen LogP contribution in [0.3, 0.4) is 0 Å². The molecule has 0 spiro atoms. The van der Waals surface area contributed by atoms with Crippen LogP contribution in [0.2, 0.25) is 0 Å². The van der Waals surface area contributed by atoms with Crippen molar-refractivity contribution in [2.75, 3.05) is 7.11 Å². The second-order valence-electron chi connectivity index (χ2n) is 2.50. The van der Waals surface area contributed by atoms with Gasteiger partial charge in [0.2, 0.25) is 5.88 Å². The van der Waals surface area contributed by atoms with Gasteiger partial charge in [-0.1, -0.05) is 0 Å². The average Bonchev–Trinajstić information content (AvgIpc) is 2.16. The number of halogens is 2. The number of pyridine rings is 1. The molecule has 2 N–H and O–H groups in total. The predicted molar refractivity (Wildman–Crippen MR) is 43.3 cm³/mol. The summed E-state index contributed by atoms with van der Waals surface area (Å²) in [5.41, 5.74) is -0.832. The van der Waals surface area contributed by atoms with Crippen molar-refractivity contribution in [2.45, 2.75) is 13.0 Å². The lowest BCUT2D eigenvalue weighted by molar-refractivity contribution is 0.141. The molecule has 0 bridgehead atoms. The number of rotatable bonds is 3. The van der Waals surface area contributed by atoms with Gasteiger partial charge in [0.25, 0.3) is 6.43 Å². The van der Waals surface area contributed by atoms with Gasteiger partial charge in [0.15, 0.2) is 0 Å². The molecule has 1 aromatic heterocycles. The van der Waals surface area contributed by atoms with Crippen molar-refractivity contribution in [3.63, 3.8) is 0 Å². The summed E-state index contributed by atoms with van der Waals surface area (Å²) in [7, 11) is 1.24. The topological polar surface area (TPSA) is 62.6 Å². The van der Waals surface area contributed by atoms with Crippen LogP contribution in [-0.2, 0) is 6.61 Å². The molecule has 1 rings (SSSR count). The van der Waals surface area contributed by atoms with E-state index in [0.29, 0.717) is 0 Å². The molecule has 0 saturated heterocycles. The molecule has 1 aromatic rings. The smallest absolute Gasteiger partial charge is 0.268 e. The minimum absolute atomic E-state index is 0.111. The van der Waals surface area contributed by atoms with Crippen LogP contribution >= 0.6 is 0 Å². The molecule has 0 amide bonds. The molecule has 0 atom stereocenters. The first-order valence-corrected chi connectivity index (χ1v) is 3.75. The Morgan fingerprint density at radius 3 is 2.64 bits per heavy atom. The zero-order valence-corrected chi connectivity index (χ0v) is 7.37. The quantitative estimate of drug-likeness (QED) is 0.778. The Hall–Kier alpha value is -1.43. The lowest BCUT2D eigenvalue weighted by atomic mass is 10.1. The Kier molecular flexibility index (Phi) is 3.19. The number of alkyl halides is 2. The van der Waals surface area contributed by atoms with E-state index in [-0.39, 0.29) is 11.4 Å². The van der Waals surface area contributed by atoms with Gasteiger partial charge in [0.1, 0.15) is 5.75 Å². The fraction of sp³-hybridized carbons (Fsp3) is 0.375. The molecule has 14 heavy (non-hydrogen) atoms. The maximum Gasteiger partial charge on any atom is 0.268 e. The molecule has 0 aliphatic rings. The number of nitrogens with zero attached hydrogens (tertiary/aromatic N) is 1. The molecule has 4 nitrogen and oxygen atoms in total. The molecular weight excluding hydrogens is 196 g/mol. The van der Waals surface area contributed by atoms with Gasteiger partial charge in [-0.3, -0.25) is 0 Å². The number of ether oxygens (including phenoxy) is 1. The summed E-state index contributed by atoms with van der Waals surface area (Å²) in [6, 6.07) is 0. The van der Waals surface area contributed by atoms with Crippen molar-refractivity contribution in [2.24, 2.45) is 0 Å². The Balaban J connectivity index is 3.35. The van der Waals surface area contributed by atoms with Crippen LogP contribution in [0.5, 0.6) is 11.6 Å². The predicted octanol–water partition coefficient (Wildman–Crippen LogP) is 1.23. The van der Waals surface area contributed by atoms with Gasteiger partial charge in [-0.15, -0.1) is 0 Å². The van der Waals surface area contributed by atoms with E-state index in [2.05, 4.69) is 9.72 Å². The number of aliphatic hydroxyl groups excluding tert-OH is 1. The van der Waals surface area contributed by atoms with Crippen molar-refractivity contribution in [3.8, 4) is 11.6 Å². The zero-order chi connectivity index (χ0) is 10.7. The minimum atomic E-state index is -2.88. The third-order valence-corrected chi connectivity index (χ3v) is 1.73. The summed E-state index contributed by atoms with van der Waals surface area (Å²) in [4.78, 5) is 3.55. The van der Waals surface area contributed by atoms with E-state index < -0.39 is 24.3 Å². The number of methoxy groups -OCH3 is 1. The van der Waals surface area contributed by atoms with Gasteiger partial charge in [-0.25, -0.2) is 13.8 Å². The average molecular weight is 205 g/mol. The maximum absolute atomic E-state index is 12.4. The lowest BCUT2D eigenvalue weighted by Gasteiger charge is -2.11. The summed E-state index contributed by atoms with van der Waals surface area (Å²) in [5, 5.41) is 17.9. The Labute approximate surface area is 78.8 Å². The van der Waals surface area contributed by atoms with Crippen LogP contribution in [-0.4, -0.2) is 22.3 Å². The van der Waals surface area contributed by atoms with E-state index in [0.717, 1.165) is 6.20 Å². The van der Waals surface area contributed by atoms with Crippen molar-refractivity contribution >= 4 is 0 Å². The van der Waals surface area contributed by atoms with Crippen molar-refractivity contribution in [1.82, 2.24) is 4.98 Å². The van der Waals surface area contributed by atoms with Crippen LogP contribution in [0, 0.1) is 0 Å². The van der Waals surface area contributed by atoms with E-state index in [1.807, 2.05) is 0 Å². The molecule has 78 valence electrons. The van der Waals surface area contributed by atoms with Gasteiger partial charge in [0, 0.05) is 0 Å². The normalized spacial score (nSPS) is 10.6. The van der Waals surface area contributed by atoms with Crippen molar-refractivity contribution < 1.29 is 23.7 Å². The van der Waals surface area contributed by atoms with E-state index >= 15 is 0 Å². The van der Waals surface area contributed by atoms with Gasteiger partial charge < -0.3 is 14.9 Å². The molecule has 0 unspecified atom stereocenters. The zero-order valence-electron chi connectivity index (χ0n) is 7.37. The monoisotopic (exact) mass is 205 g/mol. The molecule has 0 radical (unpaired) electrons. The fourth-order valence-corrected chi connectivity index (χ4v) is 1.11. The first-order chi connectivity index (χ1) is 6.61. The summed E-state index contributed by atoms with van der Waals surface area (Å²) in [5.74, 6) is -0.759. The maximum atomic E-state index is 12.4. The van der Waals surface area contributed by atoms with E-state index in [9.17, 15) is 8.78 Å². The summed E-state index contributed by atoms with van der Waals surface area (Å²) in [6.07, 6.45) is -2.02. The van der Waals surface area contributed by atoms with E-state index in [1.54, 1.807) is 0 Å². The number of aliphatic hydroxyl groups is 1. The first kappa shape index (κ1) is 10.6. The molecule has 0 aliphatic heterocycles. The molecule has 0 aromatic carbocycles. The Morgan fingerprint density at radius 2 is 2.21 bits per heavy atom. The van der Waals surface area contributed by atoms with Crippen LogP contribution in [0.4, 0.5) is 8.78 Å². The molecule has 0 fully saturated rings. The largest absolute Gasteiger partial charge is 0.506 e. The SMILES string of the molecule is COc1ncc(O)c(C(F)F)c1CO. The highest BCUT2D eigenvalue weighted by Gasteiger charge is 2.21. The molecule has 1 heterocycles. The third kappa shape index (κ3) is 1.74. The second kappa shape index (κ2) is 4.19. The fourth-order valence-electron chi connectivity index (χ4n) is 1.11. The molecule has 0 saturated carbocycles. The highest BCUT2D eigenvalue weighted by atomic mass is 19.3. The lowest BCUT2D eigenvalue weighted by Crippen LogP contribution is -2.01. The first-order valence-electron chi connectivity index (χ1n) is 3.75. The van der Waals surface area contributed by atoms with Crippen molar-refractivity contribution in [1.29, 1.82) is 0 Å². The third-order valence-electron chi connectivity index (χ3n) is 1.73. The number of hydrogen-bond donors (Lipinski definition) is 2. The van der Waals surface area contributed by atoms with Crippen LogP contribution in [0.25, 0.3) is 0 Å². The Bertz CT molecular complexity index is 331. The van der Waals surface area contributed by atoms with Gasteiger partial charge in [0.05, 0.1) is 31.0 Å². The van der Waals surface area contributed by atoms with Gasteiger partial charge in [-0.05, 0) is 0 Å². The standard InChI is InChI=1S/C8H9F2NO3/c1-14-8-4(3-12)6(7(9)10)5(13)2-11-8/h2,7,12-13H,3H2,1H3. The minimum Gasteiger partial charge on any atom is -0.506 e. The van der Waals surface area contributed by atoms with Crippen molar-refractivity contribution in [3.05, 3.63) is 17.3 Å². The van der Waals surface area contributed by atoms with E-state index in [1.165, 1.54) is 7.11 Å². The summed E-state index contributed by atoms with van der Waals surface area (Å²) in [6.45, 7) is -0.662. The highest BCUT2D eigenvalue weighted by Crippen LogP contribution is 2.34. The number of hydrogen-bond acceptors (Lipinski definition) is 4. The van der Waals surface area contributed by atoms with Gasteiger partial charge in [-0.2, -0.15) is 0 Å². The van der Waals surface area contributed by atoms with Gasteiger partial charge >= 0.3 is 0 Å². The van der Waals surface area contributed by atoms with Crippen LogP contribution < -0.4 is 4.74 Å². The number of aromatic nitrogens is 1. The molecule has 6 heteroatoms.